The molecule has 0 radical (unpaired) electrons. The molecule has 1 heterocycles. The lowest BCUT2D eigenvalue weighted by atomic mass is 10.0. The van der Waals surface area contributed by atoms with Gasteiger partial charge in [0.2, 0.25) is 10.0 Å². The molecular weight excluding hydrogens is 330 g/mol. The summed E-state index contributed by atoms with van der Waals surface area (Å²) in [4.78, 5) is 0.0494. The first-order valence-corrected chi connectivity index (χ1v) is 8.99. The van der Waals surface area contributed by atoms with Crippen molar-refractivity contribution >= 4 is 10.0 Å². The number of hydrogen-bond donors (Lipinski definition) is 1. The minimum atomic E-state index is -3.79. The van der Waals surface area contributed by atoms with E-state index in [9.17, 15) is 8.42 Å². The summed E-state index contributed by atoms with van der Waals surface area (Å²) in [5, 5.41) is 0. The molecule has 6 nitrogen and oxygen atoms in total. The predicted octanol–water partition coefficient (Wildman–Crippen LogP) is 2.51. The van der Waals surface area contributed by atoms with Crippen LogP contribution in [0.4, 0.5) is 0 Å². The van der Waals surface area contributed by atoms with Gasteiger partial charge < -0.3 is 14.2 Å². The van der Waals surface area contributed by atoms with Crippen molar-refractivity contribution in [3.05, 3.63) is 48.0 Å². The third-order valence-electron chi connectivity index (χ3n) is 3.92. The zero-order valence-corrected chi connectivity index (χ0v) is 14.3. The largest absolute Gasteiger partial charge is 0.497 e. The number of methoxy groups -OCH3 is 2. The topological polar surface area (TPSA) is 73.9 Å². The summed E-state index contributed by atoms with van der Waals surface area (Å²) in [6.07, 6.45) is 0.558. The highest BCUT2D eigenvalue weighted by molar-refractivity contribution is 7.89. The number of hydrogen-bond acceptors (Lipinski definition) is 5. The maximum atomic E-state index is 12.9. The Hall–Kier alpha value is -2.25. The van der Waals surface area contributed by atoms with E-state index in [4.69, 9.17) is 14.2 Å². The first kappa shape index (κ1) is 16.6. The average molecular weight is 349 g/mol. The summed E-state index contributed by atoms with van der Waals surface area (Å²) < 4.78 is 44.4. The maximum Gasteiger partial charge on any atom is 0.244 e. The lowest BCUT2D eigenvalue weighted by Gasteiger charge is -2.26. The van der Waals surface area contributed by atoms with E-state index in [1.165, 1.54) is 20.3 Å². The van der Waals surface area contributed by atoms with Crippen LogP contribution in [0.1, 0.15) is 18.0 Å². The molecule has 0 spiro atoms. The Morgan fingerprint density at radius 2 is 1.92 bits per heavy atom. The minimum absolute atomic E-state index is 0.0494. The van der Waals surface area contributed by atoms with E-state index >= 15 is 0 Å². The van der Waals surface area contributed by atoms with Crippen LogP contribution in [-0.4, -0.2) is 29.2 Å². The van der Waals surface area contributed by atoms with Crippen LogP contribution in [0.15, 0.2) is 47.4 Å². The van der Waals surface area contributed by atoms with E-state index in [1.807, 2.05) is 24.3 Å². The summed E-state index contributed by atoms with van der Waals surface area (Å²) in [7, 11) is -0.867. The monoisotopic (exact) mass is 349 g/mol. The molecule has 0 fully saturated rings. The number of fused-ring (bicyclic) bond motifs is 1. The third-order valence-corrected chi connectivity index (χ3v) is 5.41. The lowest BCUT2D eigenvalue weighted by Crippen LogP contribution is -2.32. The molecule has 24 heavy (non-hydrogen) atoms. The van der Waals surface area contributed by atoms with Gasteiger partial charge in [0.05, 0.1) is 26.9 Å². The number of benzene rings is 2. The van der Waals surface area contributed by atoms with Gasteiger partial charge in [0, 0.05) is 18.1 Å². The number of para-hydroxylation sites is 1. The maximum absolute atomic E-state index is 12.9. The number of rotatable bonds is 5. The first-order chi connectivity index (χ1) is 11.5. The molecule has 2 aromatic rings. The van der Waals surface area contributed by atoms with Gasteiger partial charge in [-0.3, -0.25) is 0 Å². The molecule has 0 aliphatic carbocycles. The quantitative estimate of drug-likeness (QED) is 0.898. The summed E-state index contributed by atoms with van der Waals surface area (Å²) in [5.41, 5.74) is 0.828. The van der Waals surface area contributed by atoms with Gasteiger partial charge in [0.1, 0.15) is 22.1 Å². The lowest BCUT2D eigenvalue weighted by molar-refractivity contribution is 0.263. The fourth-order valence-electron chi connectivity index (χ4n) is 2.71. The summed E-state index contributed by atoms with van der Waals surface area (Å²) >= 11 is 0. The Bertz CT molecular complexity index is 835. The van der Waals surface area contributed by atoms with Crippen molar-refractivity contribution < 1.29 is 22.6 Å². The Balaban J connectivity index is 1.96. The molecule has 1 aliphatic heterocycles. The van der Waals surface area contributed by atoms with Gasteiger partial charge in [-0.05, 0) is 18.2 Å². The zero-order valence-electron chi connectivity index (χ0n) is 13.5. The second-order valence-electron chi connectivity index (χ2n) is 5.37. The van der Waals surface area contributed by atoms with Gasteiger partial charge in [-0.15, -0.1) is 0 Å². The second kappa shape index (κ2) is 6.70. The fourth-order valence-corrected chi connectivity index (χ4v) is 4.14. The Morgan fingerprint density at radius 1 is 1.12 bits per heavy atom. The van der Waals surface area contributed by atoms with E-state index in [0.717, 1.165) is 5.56 Å². The van der Waals surface area contributed by atoms with E-state index in [-0.39, 0.29) is 16.7 Å². The van der Waals surface area contributed by atoms with Crippen molar-refractivity contribution in [1.29, 1.82) is 0 Å². The van der Waals surface area contributed by atoms with Crippen LogP contribution in [0.25, 0.3) is 0 Å². The highest BCUT2D eigenvalue weighted by Gasteiger charge is 2.28. The molecule has 3 rings (SSSR count). The molecule has 0 unspecified atom stereocenters. The smallest absolute Gasteiger partial charge is 0.244 e. The van der Waals surface area contributed by atoms with Crippen molar-refractivity contribution in [1.82, 2.24) is 4.72 Å². The van der Waals surface area contributed by atoms with E-state index in [1.54, 1.807) is 12.1 Å². The first-order valence-electron chi connectivity index (χ1n) is 7.51. The molecule has 0 saturated carbocycles. The van der Waals surface area contributed by atoms with Crippen molar-refractivity contribution in [3.8, 4) is 17.2 Å². The van der Waals surface area contributed by atoms with Gasteiger partial charge >= 0.3 is 0 Å². The van der Waals surface area contributed by atoms with Crippen LogP contribution in [0.3, 0.4) is 0 Å². The van der Waals surface area contributed by atoms with Crippen molar-refractivity contribution in [2.24, 2.45) is 0 Å². The van der Waals surface area contributed by atoms with Crippen molar-refractivity contribution in [2.45, 2.75) is 17.4 Å². The SMILES string of the molecule is COc1ccc(OC)c(S(=O)(=O)N[C@@H]2CCOc3ccccc32)c1. The second-order valence-corrected chi connectivity index (χ2v) is 7.05. The Morgan fingerprint density at radius 3 is 2.67 bits per heavy atom. The minimum Gasteiger partial charge on any atom is -0.497 e. The van der Waals surface area contributed by atoms with Gasteiger partial charge in [0.15, 0.2) is 0 Å². The molecule has 2 aromatic carbocycles. The van der Waals surface area contributed by atoms with Gasteiger partial charge in [-0.25, -0.2) is 13.1 Å². The van der Waals surface area contributed by atoms with Gasteiger partial charge in [-0.2, -0.15) is 0 Å². The molecule has 1 atom stereocenters. The zero-order chi connectivity index (χ0) is 17.2. The molecule has 0 saturated heterocycles. The summed E-state index contributed by atoms with van der Waals surface area (Å²) in [5.74, 6) is 1.42. The van der Waals surface area contributed by atoms with Crippen molar-refractivity contribution in [3.63, 3.8) is 0 Å². The van der Waals surface area contributed by atoms with Crippen LogP contribution in [0, 0.1) is 0 Å². The van der Waals surface area contributed by atoms with Crippen molar-refractivity contribution in [2.75, 3.05) is 20.8 Å². The van der Waals surface area contributed by atoms with Crippen LogP contribution in [0.5, 0.6) is 17.2 Å². The molecule has 1 aliphatic rings. The third kappa shape index (κ3) is 3.18. The standard InChI is InChI=1S/C17H19NO5S/c1-21-12-7-8-16(22-2)17(11-12)24(19,20)18-14-9-10-23-15-6-4-3-5-13(14)15/h3-8,11,14,18H,9-10H2,1-2H3/t14-/m1/s1. The number of nitrogens with one attached hydrogen (secondary N) is 1. The molecule has 7 heteroatoms. The summed E-state index contributed by atoms with van der Waals surface area (Å²) in [6.45, 7) is 0.458. The van der Waals surface area contributed by atoms with E-state index < -0.39 is 10.0 Å². The molecule has 0 amide bonds. The molecule has 0 bridgehead atoms. The number of ether oxygens (including phenoxy) is 3. The summed E-state index contributed by atoms with van der Waals surface area (Å²) in [6, 6.07) is 11.8. The van der Waals surface area contributed by atoms with Gasteiger partial charge in [-0.1, -0.05) is 18.2 Å². The van der Waals surface area contributed by atoms with Crippen LogP contribution < -0.4 is 18.9 Å². The predicted molar refractivity (Wildman–Crippen MR) is 89.2 cm³/mol. The highest BCUT2D eigenvalue weighted by atomic mass is 32.2. The molecule has 128 valence electrons. The van der Waals surface area contributed by atoms with Gasteiger partial charge in [0.25, 0.3) is 0 Å². The Labute approximate surface area is 141 Å². The molecule has 0 aromatic heterocycles. The average Bonchev–Trinajstić information content (AvgIpc) is 2.61. The van der Waals surface area contributed by atoms with E-state index in [2.05, 4.69) is 4.72 Å². The Kier molecular flexibility index (Phi) is 4.64. The van der Waals surface area contributed by atoms with Crippen LogP contribution in [-0.2, 0) is 10.0 Å². The molecule has 1 N–H and O–H groups in total. The fraction of sp³-hybridized carbons (Fsp3) is 0.294. The van der Waals surface area contributed by atoms with Crippen LogP contribution >= 0.6 is 0 Å². The highest BCUT2D eigenvalue weighted by Crippen LogP contribution is 2.34. The number of sulfonamides is 1. The van der Waals surface area contributed by atoms with E-state index in [0.29, 0.717) is 24.5 Å². The molecular formula is C17H19NO5S. The normalized spacial score (nSPS) is 16.8. The van der Waals surface area contributed by atoms with Crippen LogP contribution in [0.2, 0.25) is 0 Å².